The van der Waals surface area contributed by atoms with Crippen LogP contribution in [0.1, 0.15) is 23.5 Å². The van der Waals surface area contributed by atoms with Crippen molar-refractivity contribution in [3.63, 3.8) is 0 Å². The number of likely N-dealkylation sites (tertiary alicyclic amines) is 1. The van der Waals surface area contributed by atoms with E-state index >= 15 is 0 Å². The van der Waals surface area contributed by atoms with Gasteiger partial charge in [0.2, 0.25) is 5.91 Å². The molecular weight excluding hydrogens is 222 g/mol. The van der Waals surface area contributed by atoms with Crippen LogP contribution in [0.25, 0.3) is 0 Å². The highest BCUT2D eigenvalue weighted by Crippen LogP contribution is 2.09. The molecule has 1 N–H and O–H groups in total. The van der Waals surface area contributed by atoms with E-state index in [0.29, 0.717) is 13.1 Å². The van der Waals surface area contributed by atoms with Gasteiger partial charge in [-0.3, -0.25) is 4.79 Å². The van der Waals surface area contributed by atoms with E-state index in [9.17, 15) is 4.79 Å². The van der Waals surface area contributed by atoms with E-state index in [2.05, 4.69) is 10.3 Å². The van der Waals surface area contributed by atoms with Crippen LogP contribution in [-0.2, 0) is 11.3 Å². The molecule has 88 valence electrons. The lowest BCUT2D eigenvalue weighted by atomic mass is 10.4. The highest BCUT2D eigenvalue weighted by atomic mass is 32.1. The molecule has 1 aliphatic heterocycles. The number of hydrogen-bond donors (Lipinski definition) is 1. The summed E-state index contributed by atoms with van der Waals surface area (Å²) in [5, 5.41) is 6.22. The van der Waals surface area contributed by atoms with E-state index in [1.54, 1.807) is 11.3 Å². The number of thiazole rings is 1. The Bertz CT molecular complexity index is 358. The Labute approximate surface area is 99.7 Å². The zero-order chi connectivity index (χ0) is 11.4. The molecule has 1 amide bonds. The average molecular weight is 239 g/mol. The lowest BCUT2D eigenvalue weighted by molar-refractivity contribution is -0.129. The van der Waals surface area contributed by atoms with Crippen molar-refractivity contribution < 1.29 is 4.79 Å². The minimum absolute atomic E-state index is 0.214. The van der Waals surface area contributed by atoms with Gasteiger partial charge in [0.15, 0.2) is 0 Å². The Balaban J connectivity index is 1.69. The number of aromatic nitrogens is 1. The van der Waals surface area contributed by atoms with Gasteiger partial charge in [0.1, 0.15) is 5.01 Å². The molecule has 0 spiro atoms. The summed E-state index contributed by atoms with van der Waals surface area (Å²) >= 11 is 1.63. The molecule has 2 rings (SSSR count). The van der Waals surface area contributed by atoms with Crippen LogP contribution < -0.4 is 5.32 Å². The number of amides is 1. The van der Waals surface area contributed by atoms with Gasteiger partial charge in [-0.2, -0.15) is 0 Å². The SMILES string of the molecule is Cc1csc(CNCC(=O)N2CCCC2)n1. The van der Waals surface area contributed by atoms with Crippen LogP contribution in [0, 0.1) is 6.92 Å². The van der Waals surface area contributed by atoms with E-state index in [1.165, 1.54) is 0 Å². The van der Waals surface area contributed by atoms with E-state index in [1.807, 2.05) is 17.2 Å². The average Bonchev–Trinajstić information content (AvgIpc) is 2.89. The second-order valence-electron chi connectivity index (χ2n) is 4.07. The molecule has 1 aromatic rings. The first-order valence-corrected chi connectivity index (χ1v) is 6.53. The summed E-state index contributed by atoms with van der Waals surface area (Å²) in [6, 6.07) is 0. The monoisotopic (exact) mass is 239 g/mol. The van der Waals surface area contributed by atoms with E-state index < -0.39 is 0 Å². The smallest absolute Gasteiger partial charge is 0.236 e. The lowest BCUT2D eigenvalue weighted by Crippen LogP contribution is -2.35. The van der Waals surface area contributed by atoms with Crippen molar-refractivity contribution in [2.45, 2.75) is 26.3 Å². The number of rotatable bonds is 4. The fourth-order valence-corrected chi connectivity index (χ4v) is 2.58. The highest BCUT2D eigenvalue weighted by Gasteiger charge is 2.16. The van der Waals surface area contributed by atoms with Crippen LogP contribution in [0.3, 0.4) is 0 Å². The third-order valence-corrected chi connectivity index (χ3v) is 3.64. The van der Waals surface area contributed by atoms with Gasteiger partial charge in [0.05, 0.1) is 6.54 Å². The number of hydrogen-bond acceptors (Lipinski definition) is 4. The zero-order valence-corrected chi connectivity index (χ0v) is 10.3. The molecule has 16 heavy (non-hydrogen) atoms. The quantitative estimate of drug-likeness (QED) is 0.857. The van der Waals surface area contributed by atoms with Crippen LogP contribution in [0.5, 0.6) is 0 Å². The summed E-state index contributed by atoms with van der Waals surface area (Å²) in [4.78, 5) is 18.0. The Morgan fingerprint density at radius 2 is 2.31 bits per heavy atom. The number of carbonyl (C=O) groups is 1. The molecule has 5 heteroatoms. The van der Waals surface area contributed by atoms with Crippen molar-refractivity contribution in [2.24, 2.45) is 0 Å². The Morgan fingerprint density at radius 3 is 2.94 bits per heavy atom. The summed E-state index contributed by atoms with van der Waals surface area (Å²) < 4.78 is 0. The topological polar surface area (TPSA) is 45.2 Å². The molecule has 1 saturated heterocycles. The Hall–Kier alpha value is -0.940. The van der Waals surface area contributed by atoms with Crippen LogP contribution >= 0.6 is 11.3 Å². The predicted molar refractivity (Wildman–Crippen MR) is 64.4 cm³/mol. The number of nitrogens with one attached hydrogen (secondary N) is 1. The van der Waals surface area contributed by atoms with Crippen molar-refractivity contribution in [3.8, 4) is 0 Å². The molecule has 0 aliphatic carbocycles. The molecule has 2 heterocycles. The summed E-state index contributed by atoms with van der Waals surface area (Å²) in [5.74, 6) is 0.214. The van der Waals surface area contributed by atoms with Gasteiger partial charge in [-0.15, -0.1) is 11.3 Å². The van der Waals surface area contributed by atoms with E-state index in [4.69, 9.17) is 0 Å². The molecule has 1 fully saturated rings. The fourth-order valence-electron chi connectivity index (χ4n) is 1.84. The van der Waals surface area contributed by atoms with Crippen molar-refractivity contribution in [1.82, 2.24) is 15.2 Å². The van der Waals surface area contributed by atoms with Crippen LogP contribution in [0.15, 0.2) is 5.38 Å². The van der Waals surface area contributed by atoms with Gasteiger partial charge in [-0.1, -0.05) is 0 Å². The van der Waals surface area contributed by atoms with Crippen LogP contribution in [0.4, 0.5) is 0 Å². The molecule has 0 unspecified atom stereocenters. The van der Waals surface area contributed by atoms with Crippen LogP contribution in [0.2, 0.25) is 0 Å². The fraction of sp³-hybridized carbons (Fsp3) is 0.636. The van der Waals surface area contributed by atoms with Gasteiger partial charge in [-0.25, -0.2) is 4.98 Å². The van der Waals surface area contributed by atoms with E-state index in [-0.39, 0.29) is 5.91 Å². The van der Waals surface area contributed by atoms with Gasteiger partial charge in [-0.05, 0) is 19.8 Å². The third kappa shape index (κ3) is 3.02. The first-order valence-electron chi connectivity index (χ1n) is 5.65. The van der Waals surface area contributed by atoms with Gasteiger partial charge in [0, 0.05) is 30.7 Å². The van der Waals surface area contributed by atoms with Gasteiger partial charge < -0.3 is 10.2 Å². The van der Waals surface area contributed by atoms with Crippen molar-refractivity contribution in [2.75, 3.05) is 19.6 Å². The molecule has 0 aromatic carbocycles. The number of carbonyl (C=O) groups excluding carboxylic acids is 1. The third-order valence-electron chi connectivity index (χ3n) is 2.68. The molecule has 0 radical (unpaired) electrons. The standard InChI is InChI=1S/C11H17N3OS/c1-9-8-16-10(13-9)6-12-7-11(15)14-4-2-3-5-14/h8,12H,2-7H2,1H3. The van der Waals surface area contributed by atoms with Crippen molar-refractivity contribution in [3.05, 3.63) is 16.1 Å². The first kappa shape index (κ1) is 11.5. The summed E-state index contributed by atoms with van der Waals surface area (Å²) in [7, 11) is 0. The second-order valence-corrected chi connectivity index (χ2v) is 5.02. The maximum absolute atomic E-state index is 11.7. The summed E-state index contributed by atoms with van der Waals surface area (Å²) in [6.45, 7) is 4.96. The largest absolute Gasteiger partial charge is 0.342 e. The maximum atomic E-state index is 11.7. The van der Waals surface area contributed by atoms with E-state index in [0.717, 1.165) is 36.6 Å². The lowest BCUT2D eigenvalue weighted by Gasteiger charge is -2.14. The molecule has 0 bridgehead atoms. The molecule has 0 atom stereocenters. The highest BCUT2D eigenvalue weighted by molar-refractivity contribution is 7.09. The van der Waals surface area contributed by atoms with Gasteiger partial charge >= 0.3 is 0 Å². The van der Waals surface area contributed by atoms with Crippen LogP contribution in [-0.4, -0.2) is 35.4 Å². The number of nitrogens with zero attached hydrogens (tertiary/aromatic N) is 2. The number of aryl methyl sites for hydroxylation is 1. The Morgan fingerprint density at radius 1 is 1.56 bits per heavy atom. The molecular formula is C11H17N3OS. The minimum Gasteiger partial charge on any atom is -0.342 e. The summed E-state index contributed by atoms with van der Waals surface area (Å²) in [5.41, 5.74) is 1.05. The molecule has 4 nitrogen and oxygen atoms in total. The van der Waals surface area contributed by atoms with Gasteiger partial charge in [0.25, 0.3) is 0 Å². The predicted octanol–water partition coefficient (Wildman–Crippen LogP) is 1.16. The Kier molecular flexibility index (Phi) is 3.90. The normalized spacial score (nSPS) is 15.7. The van der Waals surface area contributed by atoms with Crippen molar-refractivity contribution in [1.29, 1.82) is 0 Å². The second kappa shape index (κ2) is 5.41. The van der Waals surface area contributed by atoms with Crippen molar-refractivity contribution >= 4 is 17.2 Å². The maximum Gasteiger partial charge on any atom is 0.236 e. The zero-order valence-electron chi connectivity index (χ0n) is 9.53. The molecule has 1 aliphatic rings. The minimum atomic E-state index is 0.214. The molecule has 1 aromatic heterocycles. The summed E-state index contributed by atoms with van der Waals surface area (Å²) in [6.07, 6.45) is 2.30. The first-order chi connectivity index (χ1) is 7.75. The molecule has 0 saturated carbocycles.